The lowest BCUT2D eigenvalue weighted by Gasteiger charge is -2.33. The molecular weight excluding hydrogens is 550 g/mol. The smallest absolute Gasteiger partial charge is 0.410 e. The van der Waals surface area contributed by atoms with E-state index >= 15 is 0 Å². The third-order valence-corrected chi connectivity index (χ3v) is 9.29. The van der Waals surface area contributed by atoms with Crippen molar-refractivity contribution in [2.24, 2.45) is 11.8 Å². The van der Waals surface area contributed by atoms with Crippen LogP contribution < -0.4 is 0 Å². The van der Waals surface area contributed by atoms with E-state index in [4.69, 9.17) is 9.72 Å². The van der Waals surface area contributed by atoms with Crippen LogP contribution >= 0.6 is 0 Å². The summed E-state index contributed by atoms with van der Waals surface area (Å²) in [5.74, 6) is 2.59. The molecule has 0 bridgehead atoms. The molecule has 1 unspecified atom stereocenters. The van der Waals surface area contributed by atoms with Crippen molar-refractivity contribution in [3.63, 3.8) is 0 Å². The summed E-state index contributed by atoms with van der Waals surface area (Å²) >= 11 is 0. The molecule has 2 aliphatic heterocycles. The maximum atomic E-state index is 13.9. The first-order valence-corrected chi connectivity index (χ1v) is 17.3. The molecule has 0 N–H and O–H groups in total. The highest BCUT2D eigenvalue weighted by Crippen LogP contribution is 2.32. The molecule has 0 radical (unpaired) electrons. The third-order valence-electron chi connectivity index (χ3n) is 9.29. The molecule has 2 aromatic rings. The summed E-state index contributed by atoms with van der Waals surface area (Å²) in [6.07, 6.45) is 7.11. The second-order valence-electron chi connectivity index (χ2n) is 15.1. The summed E-state index contributed by atoms with van der Waals surface area (Å²) < 4.78 is 8.04. The van der Waals surface area contributed by atoms with E-state index in [0.717, 1.165) is 80.7 Å². The first kappa shape index (κ1) is 34.3. The Labute approximate surface area is 266 Å². The number of hydrogen-bond acceptors (Lipinski definition) is 5. The molecule has 0 spiro atoms. The number of piperidine rings is 1. The molecule has 0 aliphatic carbocycles. The highest BCUT2D eigenvalue weighted by molar-refractivity contribution is 5.97. The van der Waals surface area contributed by atoms with Crippen LogP contribution in [0.2, 0.25) is 0 Å². The maximum Gasteiger partial charge on any atom is 0.410 e. The van der Waals surface area contributed by atoms with Crippen LogP contribution in [0.4, 0.5) is 4.79 Å². The largest absolute Gasteiger partial charge is 0.444 e. The lowest BCUT2D eigenvalue weighted by molar-refractivity contribution is 0.0202. The Balaban J connectivity index is 1.58. The van der Waals surface area contributed by atoms with Gasteiger partial charge >= 0.3 is 6.09 Å². The minimum absolute atomic E-state index is 0.124. The fourth-order valence-electron chi connectivity index (χ4n) is 6.55. The Morgan fingerprint density at radius 3 is 2.20 bits per heavy atom. The molecule has 1 aromatic heterocycles. The normalized spacial score (nSPS) is 18.6. The van der Waals surface area contributed by atoms with Crippen LogP contribution in [0, 0.1) is 11.8 Å². The standard InChI is InChI=1S/C36H59N5O3/c1-26(2)14-21-39(22-15-27(3)4)34(42)30-12-13-31-32(25-30)41(20-10-19-38-18-9-11-28(38)5)33(37-31)29-16-23-40(24-17-29)35(43)44-36(6,7)8/h12-13,25-29H,9-11,14-24H2,1-8H3. The van der Waals surface area contributed by atoms with Crippen molar-refractivity contribution in [2.75, 3.05) is 39.3 Å². The average molecular weight is 610 g/mol. The SMILES string of the molecule is CC(C)CCN(CCC(C)C)C(=O)c1ccc2nc(C3CCN(C(=O)OC(C)(C)C)CC3)n(CCCN3CCCC3C)c2c1. The van der Waals surface area contributed by atoms with Gasteiger partial charge in [-0.1, -0.05) is 27.7 Å². The van der Waals surface area contributed by atoms with Gasteiger partial charge in [-0.05, 0) is 109 Å². The fourth-order valence-corrected chi connectivity index (χ4v) is 6.55. The highest BCUT2D eigenvalue weighted by atomic mass is 16.6. The molecule has 2 fully saturated rings. The molecule has 246 valence electrons. The van der Waals surface area contributed by atoms with Crippen molar-refractivity contribution in [1.29, 1.82) is 0 Å². The number of aromatic nitrogens is 2. The van der Waals surface area contributed by atoms with E-state index in [1.165, 1.54) is 19.4 Å². The van der Waals surface area contributed by atoms with Gasteiger partial charge in [-0.25, -0.2) is 9.78 Å². The number of likely N-dealkylation sites (tertiary alicyclic amines) is 2. The molecule has 2 amide bonds. The van der Waals surface area contributed by atoms with Crippen molar-refractivity contribution in [3.05, 3.63) is 29.6 Å². The predicted molar refractivity (Wildman–Crippen MR) is 179 cm³/mol. The van der Waals surface area contributed by atoms with E-state index in [-0.39, 0.29) is 17.9 Å². The van der Waals surface area contributed by atoms with Gasteiger partial charge in [-0.2, -0.15) is 0 Å². The number of hydrogen-bond donors (Lipinski definition) is 0. The van der Waals surface area contributed by atoms with E-state index in [1.807, 2.05) is 37.8 Å². The number of amides is 2. The van der Waals surface area contributed by atoms with Crippen molar-refractivity contribution >= 4 is 23.0 Å². The lowest BCUT2D eigenvalue weighted by atomic mass is 9.96. The topological polar surface area (TPSA) is 70.9 Å². The summed E-state index contributed by atoms with van der Waals surface area (Å²) in [5, 5.41) is 0. The van der Waals surface area contributed by atoms with Crippen molar-refractivity contribution in [1.82, 2.24) is 24.3 Å². The number of imidazole rings is 1. The number of benzene rings is 1. The molecule has 3 heterocycles. The molecule has 0 saturated carbocycles. The number of rotatable bonds is 12. The zero-order valence-electron chi connectivity index (χ0n) is 28.9. The summed E-state index contributed by atoms with van der Waals surface area (Å²) in [6, 6.07) is 6.77. The molecule has 2 aliphatic rings. The van der Waals surface area contributed by atoms with Crippen LogP contribution in [0.25, 0.3) is 11.0 Å². The molecule has 1 aromatic carbocycles. The Morgan fingerprint density at radius 2 is 1.64 bits per heavy atom. The molecule has 4 rings (SSSR count). The second-order valence-corrected chi connectivity index (χ2v) is 15.1. The quantitative estimate of drug-likeness (QED) is 0.248. The summed E-state index contributed by atoms with van der Waals surface area (Å²) in [4.78, 5) is 38.3. The Bertz CT molecular complexity index is 1230. The van der Waals surface area contributed by atoms with Crippen LogP contribution in [0.15, 0.2) is 18.2 Å². The van der Waals surface area contributed by atoms with Gasteiger partial charge in [0.15, 0.2) is 0 Å². The third kappa shape index (κ3) is 9.21. The van der Waals surface area contributed by atoms with Gasteiger partial charge in [0.2, 0.25) is 0 Å². The fraction of sp³-hybridized carbons (Fsp3) is 0.750. The molecule has 2 saturated heterocycles. The zero-order valence-corrected chi connectivity index (χ0v) is 28.9. The number of carbonyl (C=O) groups is 2. The average Bonchev–Trinajstić information content (AvgIpc) is 3.54. The summed E-state index contributed by atoms with van der Waals surface area (Å²) in [5.41, 5.74) is 2.27. The van der Waals surface area contributed by atoms with Gasteiger partial charge < -0.3 is 24.0 Å². The maximum absolute atomic E-state index is 13.9. The van der Waals surface area contributed by atoms with Gasteiger partial charge in [0.1, 0.15) is 11.4 Å². The van der Waals surface area contributed by atoms with Crippen LogP contribution in [-0.2, 0) is 11.3 Å². The number of nitrogens with zero attached hydrogens (tertiary/aromatic N) is 5. The first-order valence-electron chi connectivity index (χ1n) is 17.3. The number of carbonyl (C=O) groups excluding carboxylic acids is 2. The number of aryl methyl sites for hydroxylation is 1. The van der Waals surface area contributed by atoms with Crippen LogP contribution in [-0.4, -0.2) is 87.2 Å². The van der Waals surface area contributed by atoms with Gasteiger partial charge in [0.25, 0.3) is 5.91 Å². The Kier molecular flexibility index (Phi) is 11.8. The molecule has 44 heavy (non-hydrogen) atoms. The second kappa shape index (κ2) is 15.1. The summed E-state index contributed by atoms with van der Waals surface area (Å²) in [6.45, 7) is 23.0. The highest BCUT2D eigenvalue weighted by Gasteiger charge is 2.30. The van der Waals surface area contributed by atoms with Gasteiger partial charge in [-0.15, -0.1) is 0 Å². The minimum Gasteiger partial charge on any atom is -0.444 e. The Hall–Kier alpha value is -2.61. The van der Waals surface area contributed by atoms with Gasteiger partial charge in [0.05, 0.1) is 11.0 Å². The van der Waals surface area contributed by atoms with E-state index in [1.54, 1.807) is 0 Å². The molecule has 1 atom stereocenters. The van der Waals surface area contributed by atoms with Gasteiger partial charge in [0, 0.05) is 56.8 Å². The van der Waals surface area contributed by atoms with Crippen LogP contribution in [0.3, 0.4) is 0 Å². The van der Waals surface area contributed by atoms with Crippen LogP contribution in [0.1, 0.15) is 122 Å². The van der Waals surface area contributed by atoms with E-state index in [9.17, 15) is 9.59 Å². The minimum atomic E-state index is -0.497. The van der Waals surface area contributed by atoms with Gasteiger partial charge in [-0.3, -0.25) is 4.79 Å². The predicted octanol–water partition coefficient (Wildman–Crippen LogP) is 7.56. The van der Waals surface area contributed by atoms with Crippen molar-refractivity contribution in [3.8, 4) is 0 Å². The van der Waals surface area contributed by atoms with E-state index < -0.39 is 5.60 Å². The van der Waals surface area contributed by atoms with Crippen molar-refractivity contribution in [2.45, 2.75) is 124 Å². The number of fused-ring (bicyclic) bond motifs is 1. The van der Waals surface area contributed by atoms with E-state index in [0.29, 0.717) is 31.0 Å². The monoisotopic (exact) mass is 609 g/mol. The molecule has 8 nitrogen and oxygen atoms in total. The molecular formula is C36H59N5O3. The Morgan fingerprint density at radius 1 is 0.977 bits per heavy atom. The van der Waals surface area contributed by atoms with Crippen LogP contribution in [0.5, 0.6) is 0 Å². The number of ether oxygens (including phenoxy) is 1. The lowest BCUT2D eigenvalue weighted by Crippen LogP contribution is -2.41. The van der Waals surface area contributed by atoms with Crippen molar-refractivity contribution < 1.29 is 14.3 Å². The van der Waals surface area contributed by atoms with E-state index in [2.05, 4.69) is 55.1 Å². The zero-order chi connectivity index (χ0) is 32.0. The first-order chi connectivity index (χ1) is 20.8. The molecule has 8 heteroatoms. The summed E-state index contributed by atoms with van der Waals surface area (Å²) in [7, 11) is 0.